The van der Waals surface area contributed by atoms with Gasteiger partial charge < -0.3 is 9.47 Å². The largest absolute Gasteiger partial charge is 0.361 e. The Labute approximate surface area is 94.7 Å². The maximum atomic E-state index is 8.65. The minimum atomic E-state index is 0.386. The first-order valence-electron chi connectivity index (χ1n) is 5.14. The van der Waals surface area contributed by atoms with E-state index < -0.39 is 0 Å². The fourth-order valence-corrected chi connectivity index (χ4v) is 1.74. The van der Waals surface area contributed by atoms with Crippen LogP contribution in [0.15, 0.2) is 18.2 Å². The average Bonchev–Trinajstić information content (AvgIpc) is 2.55. The second-order valence-corrected chi connectivity index (χ2v) is 3.91. The standard InChI is InChI=1S/C12H14N4/c1-9-14-11-8-10(15(2)7-6-13)4-5-12(11)16(9)3/h4-5,8H,7H2,1-3H3. The van der Waals surface area contributed by atoms with Gasteiger partial charge in [-0.05, 0) is 25.1 Å². The summed E-state index contributed by atoms with van der Waals surface area (Å²) in [6, 6.07) is 8.20. The Morgan fingerprint density at radius 2 is 2.25 bits per heavy atom. The molecular weight excluding hydrogens is 200 g/mol. The molecule has 1 aromatic carbocycles. The number of nitriles is 1. The topological polar surface area (TPSA) is 44.9 Å². The Bertz CT molecular complexity index is 562. The van der Waals surface area contributed by atoms with Crippen LogP contribution < -0.4 is 4.90 Å². The Hall–Kier alpha value is -2.02. The summed E-state index contributed by atoms with van der Waals surface area (Å²) in [4.78, 5) is 6.38. The van der Waals surface area contributed by atoms with Gasteiger partial charge in [0.2, 0.25) is 0 Å². The van der Waals surface area contributed by atoms with Crippen molar-refractivity contribution in [2.45, 2.75) is 6.92 Å². The Morgan fingerprint density at radius 1 is 1.50 bits per heavy atom. The smallest absolute Gasteiger partial charge is 0.106 e. The maximum absolute atomic E-state index is 8.65. The molecule has 0 unspecified atom stereocenters. The molecule has 2 aromatic rings. The van der Waals surface area contributed by atoms with Crippen molar-refractivity contribution >= 4 is 16.7 Å². The number of fused-ring (bicyclic) bond motifs is 1. The van der Waals surface area contributed by atoms with Crippen molar-refractivity contribution in [1.29, 1.82) is 5.26 Å². The second-order valence-electron chi connectivity index (χ2n) is 3.91. The van der Waals surface area contributed by atoms with E-state index in [9.17, 15) is 0 Å². The lowest BCUT2D eigenvalue weighted by Gasteiger charge is -2.14. The molecule has 0 bridgehead atoms. The van der Waals surface area contributed by atoms with E-state index in [0.717, 1.165) is 22.5 Å². The van der Waals surface area contributed by atoms with Gasteiger partial charge in [-0.3, -0.25) is 0 Å². The molecule has 1 heterocycles. The molecule has 4 heteroatoms. The third-order valence-corrected chi connectivity index (χ3v) is 2.84. The molecule has 4 nitrogen and oxygen atoms in total. The minimum absolute atomic E-state index is 0.386. The van der Waals surface area contributed by atoms with Gasteiger partial charge in [0.05, 0.1) is 17.1 Å². The van der Waals surface area contributed by atoms with E-state index in [2.05, 4.69) is 15.6 Å². The molecule has 0 aliphatic heterocycles. The van der Waals surface area contributed by atoms with Crippen LogP contribution in [0.25, 0.3) is 11.0 Å². The molecule has 16 heavy (non-hydrogen) atoms. The number of aryl methyl sites for hydroxylation is 2. The van der Waals surface area contributed by atoms with Gasteiger partial charge in [0.25, 0.3) is 0 Å². The number of aromatic nitrogens is 2. The number of imidazole rings is 1. The average molecular weight is 214 g/mol. The fourth-order valence-electron chi connectivity index (χ4n) is 1.74. The van der Waals surface area contributed by atoms with Gasteiger partial charge in [-0.1, -0.05) is 0 Å². The van der Waals surface area contributed by atoms with Crippen LogP contribution in [-0.2, 0) is 7.05 Å². The summed E-state index contributed by atoms with van der Waals surface area (Å²) < 4.78 is 2.06. The van der Waals surface area contributed by atoms with Crippen molar-refractivity contribution < 1.29 is 0 Å². The van der Waals surface area contributed by atoms with Crippen LogP contribution in [0, 0.1) is 18.3 Å². The highest BCUT2D eigenvalue weighted by atomic mass is 15.1. The summed E-state index contributed by atoms with van der Waals surface area (Å²) in [5.74, 6) is 0.995. The third kappa shape index (κ3) is 1.61. The van der Waals surface area contributed by atoms with E-state index in [1.807, 2.05) is 44.1 Å². The highest BCUT2D eigenvalue weighted by Gasteiger charge is 2.06. The van der Waals surface area contributed by atoms with Gasteiger partial charge in [0, 0.05) is 19.8 Å². The van der Waals surface area contributed by atoms with Crippen molar-refractivity contribution in [3.05, 3.63) is 24.0 Å². The van der Waals surface area contributed by atoms with Crippen LogP contribution >= 0.6 is 0 Å². The van der Waals surface area contributed by atoms with Crippen molar-refractivity contribution in [1.82, 2.24) is 9.55 Å². The van der Waals surface area contributed by atoms with Crippen molar-refractivity contribution in [3.8, 4) is 6.07 Å². The molecule has 82 valence electrons. The van der Waals surface area contributed by atoms with Gasteiger partial charge in [-0.25, -0.2) is 4.98 Å². The Kier molecular flexibility index (Phi) is 2.53. The van der Waals surface area contributed by atoms with Crippen LogP contribution in [0.2, 0.25) is 0 Å². The Balaban J connectivity index is 2.49. The first kappa shape index (κ1) is 10.5. The quantitative estimate of drug-likeness (QED) is 0.716. The van der Waals surface area contributed by atoms with Crippen LogP contribution in [-0.4, -0.2) is 23.1 Å². The van der Waals surface area contributed by atoms with Crippen molar-refractivity contribution in [3.63, 3.8) is 0 Å². The fraction of sp³-hybridized carbons (Fsp3) is 0.333. The molecule has 0 amide bonds. The van der Waals surface area contributed by atoms with Crippen molar-refractivity contribution in [2.24, 2.45) is 7.05 Å². The van der Waals surface area contributed by atoms with E-state index in [-0.39, 0.29) is 0 Å². The van der Waals surface area contributed by atoms with Gasteiger partial charge in [0.1, 0.15) is 12.4 Å². The Morgan fingerprint density at radius 3 is 2.94 bits per heavy atom. The number of hydrogen-bond donors (Lipinski definition) is 0. The van der Waals surface area contributed by atoms with Gasteiger partial charge in [-0.2, -0.15) is 5.26 Å². The number of rotatable bonds is 2. The molecule has 1 aromatic heterocycles. The van der Waals surface area contributed by atoms with E-state index in [4.69, 9.17) is 5.26 Å². The van der Waals surface area contributed by atoms with Gasteiger partial charge in [0.15, 0.2) is 0 Å². The lowest BCUT2D eigenvalue weighted by molar-refractivity contribution is 0.886. The lowest BCUT2D eigenvalue weighted by atomic mass is 10.2. The van der Waals surface area contributed by atoms with E-state index in [1.54, 1.807) is 0 Å². The predicted octanol–water partition coefficient (Wildman–Crippen LogP) is 1.84. The summed E-state index contributed by atoms with van der Waals surface area (Å²) in [6.45, 7) is 2.37. The SMILES string of the molecule is Cc1nc2cc(N(C)CC#N)ccc2n1C. The summed E-state index contributed by atoms with van der Waals surface area (Å²) in [7, 11) is 3.91. The third-order valence-electron chi connectivity index (χ3n) is 2.84. The normalized spacial score (nSPS) is 10.4. The second kappa shape index (κ2) is 3.86. The number of nitrogens with zero attached hydrogens (tertiary/aromatic N) is 4. The highest BCUT2D eigenvalue weighted by Crippen LogP contribution is 2.21. The molecule has 0 fully saturated rings. The number of benzene rings is 1. The van der Waals surface area contributed by atoms with Crippen molar-refractivity contribution in [2.75, 3.05) is 18.5 Å². The lowest BCUT2D eigenvalue weighted by Crippen LogP contribution is -2.16. The van der Waals surface area contributed by atoms with Crippen LogP contribution in [0.5, 0.6) is 0 Å². The van der Waals surface area contributed by atoms with E-state index in [1.165, 1.54) is 0 Å². The maximum Gasteiger partial charge on any atom is 0.106 e. The zero-order valence-electron chi connectivity index (χ0n) is 9.73. The number of hydrogen-bond acceptors (Lipinski definition) is 3. The highest BCUT2D eigenvalue weighted by molar-refractivity contribution is 5.80. The monoisotopic (exact) mass is 214 g/mol. The molecule has 0 aliphatic carbocycles. The zero-order valence-corrected chi connectivity index (χ0v) is 9.73. The molecule has 0 radical (unpaired) electrons. The van der Waals surface area contributed by atoms with Crippen LogP contribution in [0.1, 0.15) is 5.82 Å². The summed E-state index contributed by atoms with van der Waals surface area (Å²) >= 11 is 0. The molecule has 0 N–H and O–H groups in total. The molecular formula is C12H14N4. The van der Waals surface area contributed by atoms with E-state index >= 15 is 0 Å². The molecule has 0 saturated heterocycles. The summed E-state index contributed by atoms with van der Waals surface area (Å²) in [5.41, 5.74) is 3.11. The van der Waals surface area contributed by atoms with E-state index in [0.29, 0.717) is 6.54 Å². The van der Waals surface area contributed by atoms with Crippen LogP contribution in [0.3, 0.4) is 0 Å². The van der Waals surface area contributed by atoms with Crippen LogP contribution in [0.4, 0.5) is 5.69 Å². The predicted molar refractivity (Wildman–Crippen MR) is 64.3 cm³/mol. The first-order chi connectivity index (χ1) is 7.63. The first-order valence-corrected chi connectivity index (χ1v) is 5.14. The zero-order chi connectivity index (χ0) is 11.7. The number of anilines is 1. The molecule has 0 spiro atoms. The van der Waals surface area contributed by atoms with Gasteiger partial charge >= 0.3 is 0 Å². The minimum Gasteiger partial charge on any atom is -0.361 e. The molecule has 2 rings (SSSR count). The molecule has 0 atom stereocenters. The molecule has 0 aliphatic rings. The summed E-state index contributed by atoms with van der Waals surface area (Å²) in [5, 5.41) is 8.65. The van der Waals surface area contributed by atoms with Gasteiger partial charge in [-0.15, -0.1) is 0 Å². The molecule has 0 saturated carbocycles. The summed E-state index contributed by atoms with van der Waals surface area (Å²) in [6.07, 6.45) is 0.